The number of ether oxygens (including phenoxy) is 2. The van der Waals surface area contributed by atoms with Gasteiger partial charge < -0.3 is 14.0 Å². The molecule has 35 heavy (non-hydrogen) atoms. The van der Waals surface area contributed by atoms with Crippen LogP contribution in [0.3, 0.4) is 0 Å². The Morgan fingerprint density at radius 3 is 2.20 bits per heavy atom. The molecule has 2 heterocycles. The molecule has 4 rings (SSSR count). The van der Waals surface area contributed by atoms with E-state index in [2.05, 4.69) is 4.57 Å². The zero-order chi connectivity index (χ0) is 25.4. The first-order chi connectivity index (χ1) is 16.7. The Morgan fingerprint density at radius 1 is 0.943 bits per heavy atom. The first kappa shape index (κ1) is 24.6. The lowest BCUT2D eigenvalue weighted by atomic mass is 10.0. The summed E-state index contributed by atoms with van der Waals surface area (Å²) in [6.45, 7) is 5.65. The molecule has 2 aromatic carbocycles. The summed E-state index contributed by atoms with van der Waals surface area (Å²) in [4.78, 5) is 27.9. The molecule has 8 heteroatoms. The molecular formula is C27H24Cl2N2O4. The summed E-state index contributed by atoms with van der Waals surface area (Å²) in [7, 11) is 2.81. The SMILES string of the molecule is COC(=O)C1=C(C)N(c2ccc(OC)c(Cl)c2)C(=O)/C1=C\c1cc(C)n(-c2ccc(Cl)cc2)c1C. The Hall–Kier alpha value is -3.48. The van der Waals surface area contributed by atoms with E-state index >= 15 is 0 Å². The van der Waals surface area contributed by atoms with Crippen molar-refractivity contribution in [3.63, 3.8) is 0 Å². The Balaban J connectivity index is 1.83. The molecular weight excluding hydrogens is 487 g/mol. The number of aryl methyl sites for hydroxylation is 1. The van der Waals surface area contributed by atoms with Crippen LogP contribution in [0.15, 0.2) is 65.4 Å². The molecule has 0 saturated heterocycles. The highest BCUT2D eigenvalue weighted by Crippen LogP contribution is 2.38. The minimum absolute atomic E-state index is 0.209. The van der Waals surface area contributed by atoms with Crippen LogP contribution in [0.1, 0.15) is 23.9 Å². The summed E-state index contributed by atoms with van der Waals surface area (Å²) < 4.78 is 12.3. The Kier molecular flexibility index (Phi) is 6.79. The number of carbonyl (C=O) groups excluding carboxylic acids is 2. The minimum atomic E-state index is -0.587. The van der Waals surface area contributed by atoms with E-state index in [0.29, 0.717) is 27.2 Å². The molecule has 0 spiro atoms. The molecule has 0 saturated carbocycles. The number of esters is 1. The van der Waals surface area contributed by atoms with Gasteiger partial charge in [-0.3, -0.25) is 9.69 Å². The maximum atomic E-state index is 13.6. The number of carbonyl (C=O) groups is 2. The third kappa shape index (κ3) is 4.35. The number of halogens is 2. The van der Waals surface area contributed by atoms with Crippen LogP contribution in [0.5, 0.6) is 5.75 Å². The molecule has 1 amide bonds. The topological polar surface area (TPSA) is 60.8 Å². The molecule has 0 unspecified atom stereocenters. The number of amides is 1. The van der Waals surface area contributed by atoms with Gasteiger partial charge in [0.15, 0.2) is 0 Å². The van der Waals surface area contributed by atoms with E-state index in [0.717, 1.165) is 22.6 Å². The molecule has 0 fully saturated rings. The Bertz CT molecular complexity index is 1400. The number of nitrogens with zero attached hydrogens (tertiary/aromatic N) is 2. The van der Waals surface area contributed by atoms with E-state index in [4.69, 9.17) is 32.7 Å². The van der Waals surface area contributed by atoms with Crippen LogP contribution in [-0.4, -0.2) is 30.7 Å². The van der Waals surface area contributed by atoms with Crippen molar-refractivity contribution in [2.75, 3.05) is 19.1 Å². The van der Waals surface area contributed by atoms with Crippen molar-refractivity contribution in [1.82, 2.24) is 4.57 Å². The largest absolute Gasteiger partial charge is 0.495 e. The van der Waals surface area contributed by atoms with Crippen molar-refractivity contribution in [1.29, 1.82) is 0 Å². The van der Waals surface area contributed by atoms with Crippen molar-refractivity contribution < 1.29 is 19.1 Å². The first-order valence-electron chi connectivity index (χ1n) is 10.8. The van der Waals surface area contributed by atoms with Gasteiger partial charge in [0.05, 0.1) is 36.1 Å². The Labute approximate surface area is 214 Å². The third-order valence-corrected chi connectivity index (χ3v) is 6.59. The predicted molar refractivity (Wildman–Crippen MR) is 138 cm³/mol. The lowest BCUT2D eigenvalue weighted by Crippen LogP contribution is -2.24. The van der Waals surface area contributed by atoms with Crippen molar-refractivity contribution in [3.8, 4) is 11.4 Å². The molecule has 1 aromatic heterocycles. The minimum Gasteiger partial charge on any atom is -0.495 e. The summed E-state index contributed by atoms with van der Waals surface area (Å²) in [5.74, 6) is -0.446. The second-order valence-corrected chi connectivity index (χ2v) is 8.95. The van der Waals surface area contributed by atoms with Crippen LogP contribution < -0.4 is 9.64 Å². The summed E-state index contributed by atoms with van der Waals surface area (Å²) in [5.41, 5.74) is 5.08. The highest BCUT2D eigenvalue weighted by atomic mass is 35.5. The third-order valence-electron chi connectivity index (χ3n) is 6.04. The van der Waals surface area contributed by atoms with Gasteiger partial charge in [0.2, 0.25) is 0 Å². The zero-order valence-electron chi connectivity index (χ0n) is 20.0. The van der Waals surface area contributed by atoms with E-state index in [1.165, 1.54) is 19.1 Å². The van der Waals surface area contributed by atoms with E-state index in [-0.39, 0.29) is 17.1 Å². The van der Waals surface area contributed by atoms with Gasteiger partial charge in [0, 0.05) is 27.8 Å². The summed E-state index contributed by atoms with van der Waals surface area (Å²) >= 11 is 12.4. The maximum absolute atomic E-state index is 13.6. The summed E-state index contributed by atoms with van der Waals surface area (Å²) in [5, 5.41) is 1.01. The maximum Gasteiger partial charge on any atom is 0.340 e. The first-order valence-corrected chi connectivity index (χ1v) is 11.6. The van der Waals surface area contributed by atoms with E-state index in [1.54, 1.807) is 31.2 Å². The second-order valence-electron chi connectivity index (χ2n) is 8.11. The Morgan fingerprint density at radius 2 is 1.60 bits per heavy atom. The number of allylic oxidation sites excluding steroid dienone is 1. The number of benzene rings is 2. The lowest BCUT2D eigenvalue weighted by molar-refractivity contribution is -0.136. The van der Waals surface area contributed by atoms with Crippen LogP contribution in [0.2, 0.25) is 10.0 Å². The van der Waals surface area contributed by atoms with Gasteiger partial charge in [-0.15, -0.1) is 0 Å². The number of hydrogen-bond donors (Lipinski definition) is 0. The molecule has 0 aliphatic carbocycles. The van der Waals surface area contributed by atoms with Crippen LogP contribution >= 0.6 is 23.2 Å². The predicted octanol–water partition coefficient (Wildman–Crippen LogP) is 6.29. The van der Waals surface area contributed by atoms with Gasteiger partial charge in [0.1, 0.15) is 5.75 Å². The quantitative estimate of drug-likeness (QED) is 0.299. The molecule has 0 bridgehead atoms. The molecule has 1 aliphatic heterocycles. The van der Waals surface area contributed by atoms with Gasteiger partial charge in [-0.1, -0.05) is 23.2 Å². The smallest absolute Gasteiger partial charge is 0.340 e. The van der Waals surface area contributed by atoms with Gasteiger partial charge >= 0.3 is 5.97 Å². The lowest BCUT2D eigenvalue weighted by Gasteiger charge is -2.19. The highest BCUT2D eigenvalue weighted by molar-refractivity contribution is 6.32. The molecule has 0 radical (unpaired) electrons. The fourth-order valence-electron chi connectivity index (χ4n) is 4.36. The van der Waals surface area contributed by atoms with Crippen molar-refractivity contribution in [2.45, 2.75) is 20.8 Å². The standard InChI is InChI=1S/C27H24Cl2N2O4/c1-15-12-18(16(2)30(15)20-8-6-19(28)7-9-20)13-22-25(27(33)35-5)17(3)31(26(22)32)21-10-11-24(34-4)23(29)14-21/h6-14H,1-5H3/b22-13-. The fourth-order valence-corrected chi connectivity index (χ4v) is 4.74. The van der Waals surface area contributed by atoms with E-state index in [1.807, 2.05) is 44.2 Å². The van der Waals surface area contributed by atoms with Gasteiger partial charge in [-0.05, 0) is 80.9 Å². The number of rotatable bonds is 5. The number of hydrogen-bond acceptors (Lipinski definition) is 4. The molecule has 1 aliphatic rings. The average molecular weight is 511 g/mol. The monoisotopic (exact) mass is 510 g/mol. The van der Waals surface area contributed by atoms with Gasteiger partial charge in [0.25, 0.3) is 5.91 Å². The summed E-state index contributed by atoms with van der Waals surface area (Å²) in [6, 6.07) is 14.5. The molecule has 0 atom stereocenters. The normalized spacial score (nSPS) is 14.8. The molecule has 3 aromatic rings. The van der Waals surface area contributed by atoms with Crippen molar-refractivity contribution in [2.24, 2.45) is 0 Å². The fraction of sp³-hybridized carbons (Fsp3) is 0.185. The van der Waals surface area contributed by atoms with Crippen molar-refractivity contribution in [3.05, 3.63) is 92.4 Å². The summed E-state index contributed by atoms with van der Waals surface area (Å²) in [6.07, 6.45) is 1.73. The van der Waals surface area contributed by atoms with E-state index < -0.39 is 5.97 Å². The number of methoxy groups -OCH3 is 2. The van der Waals surface area contributed by atoms with E-state index in [9.17, 15) is 9.59 Å². The van der Waals surface area contributed by atoms with Crippen LogP contribution in [0.25, 0.3) is 11.8 Å². The number of aromatic nitrogens is 1. The second kappa shape index (κ2) is 9.64. The van der Waals surface area contributed by atoms with Crippen molar-refractivity contribution >= 4 is 46.8 Å². The highest BCUT2D eigenvalue weighted by Gasteiger charge is 2.38. The molecule has 6 nitrogen and oxygen atoms in total. The zero-order valence-corrected chi connectivity index (χ0v) is 21.5. The van der Waals surface area contributed by atoms with Gasteiger partial charge in [-0.25, -0.2) is 4.79 Å². The molecule has 0 N–H and O–H groups in total. The average Bonchev–Trinajstić information content (AvgIpc) is 3.25. The van der Waals surface area contributed by atoms with Crippen LogP contribution in [-0.2, 0) is 14.3 Å². The molecule has 180 valence electrons. The van der Waals surface area contributed by atoms with Gasteiger partial charge in [-0.2, -0.15) is 0 Å². The van der Waals surface area contributed by atoms with Crippen LogP contribution in [0.4, 0.5) is 5.69 Å². The van der Waals surface area contributed by atoms with Crippen LogP contribution in [0, 0.1) is 13.8 Å². The number of anilines is 1.